The number of amides is 2. The fraction of sp³-hybridized carbons (Fsp3) is 0.391. The molecule has 0 saturated carbocycles. The molecule has 9 nitrogen and oxygen atoms in total. The minimum Gasteiger partial charge on any atom is -0.368 e. The lowest BCUT2D eigenvalue weighted by Gasteiger charge is -2.37. The molecule has 2 atom stereocenters. The summed E-state index contributed by atoms with van der Waals surface area (Å²) in [7, 11) is 0. The van der Waals surface area contributed by atoms with Gasteiger partial charge < -0.3 is 25.8 Å². The number of hydrogen-bond acceptors (Lipinski definition) is 6. The highest BCUT2D eigenvalue weighted by molar-refractivity contribution is 6.00. The first-order valence-corrected chi connectivity index (χ1v) is 10.9. The van der Waals surface area contributed by atoms with Gasteiger partial charge in [-0.3, -0.25) is 9.59 Å². The normalized spacial score (nSPS) is 18.5. The number of nitrogens with zero attached hydrogens (tertiary/aromatic N) is 3. The minimum absolute atomic E-state index is 0.0469. The monoisotopic (exact) mass is 435 g/mol. The molecule has 1 aliphatic rings. The molecule has 0 radical (unpaired) electrons. The highest BCUT2D eigenvalue weighted by Gasteiger charge is 2.28. The van der Waals surface area contributed by atoms with Crippen LogP contribution in [-0.4, -0.2) is 69.9 Å². The zero-order valence-corrected chi connectivity index (χ0v) is 18.6. The predicted molar refractivity (Wildman–Crippen MR) is 124 cm³/mol. The van der Waals surface area contributed by atoms with Gasteiger partial charge in [0.1, 0.15) is 17.2 Å². The predicted octanol–water partition coefficient (Wildman–Crippen LogP) is 2.00. The van der Waals surface area contributed by atoms with Crippen molar-refractivity contribution in [1.82, 2.24) is 30.5 Å². The van der Waals surface area contributed by atoms with Crippen molar-refractivity contribution in [3.05, 3.63) is 42.1 Å². The molecule has 3 aromatic rings. The second-order valence-corrected chi connectivity index (χ2v) is 8.23. The summed E-state index contributed by atoms with van der Waals surface area (Å²) in [6.07, 6.45) is 0. The molecule has 3 heterocycles. The van der Waals surface area contributed by atoms with Gasteiger partial charge in [0.25, 0.3) is 5.91 Å². The molecule has 4 N–H and O–H groups in total. The summed E-state index contributed by atoms with van der Waals surface area (Å²) in [6, 6.07) is 11.9. The van der Waals surface area contributed by atoms with E-state index in [4.69, 9.17) is 4.98 Å². The van der Waals surface area contributed by atoms with Gasteiger partial charge in [0, 0.05) is 50.7 Å². The number of rotatable bonds is 6. The molecule has 2 amide bonds. The van der Waals surface area contributed by atoms with Crippen molar-refractivity contribution < 1.29 is 9.59 Å². The Morgan fingerprint density at radius 2 is 1.94 bits per heavy atom. The number of anilines is 1. The quantitative estimate of drug-likeness (QED) is 0.440. The van der Waals surface area contributed by atoms with E-state index in [0.717, 1.165) is 17.5 Å². The number of carbonyl (C=O) groups excluding carboxylic acids is 2. The van der Waals surface area contributed by atoms with Gasteiger partial charge in [0.05, 0.1) is 5.39 Å². The average Bonchev–Trinajstić information content (AvgIpc) is 3.22. The van der Waals surface area contributed by atoms with Crippen LogP contribution in [0.2, 0.25) is 0 Å². The van der Waals surface area contributed by atoms with Gasteiger partial charge in [-0.05, 0) is 19.9 Å². The van der Waals surface area contributed by atoms with Crippen LogP contribution in [0.3, 0.4) is 0 Å². The molecule has 1 aliphatic heterocycles. The van der Waals surface area contributed by atoms with E-state index in [1.54, 1.807) is 0 Å². The fourth-order valence-electron chi connectivity index (χ4n) is 3.85. The van der Waals surface area contributed by atoms with Crippen molar-refractivity contribution in [2.45, 2.75) is 32.9 Å². The number of carbonyl (C=O) groups is 2. The Morgan fingerprint density at radius 1 is 1.16 bits per heavy atom. The molecule has 4 rings (SSSR count). The van der Waals surface area contributed by atoms with Crippen LogP contribution < -0.4 is 16.0 Å². The second-order valence-electron chi connectivity index (χ2n) is 8.23. The molecular weight excluding hydrogens is 406 g/mol. The summed E-state index contributed by atoms with van der Waals surface area (Å²) in [5.74, 6) is 1.05. The van der Waals surface area contributed by atoms with Crippen molar-refractivity contribution in [1.29, 1.82) is 0 Å². The van der Waals surface area contributed by atoms with Crippen molar-refractivity contribution >= 4 is 28.7 Å². The topological polar surface area (TPSA) is 115 Å². The van der Waals surface area contributed by atoms with Gasteiger partial charge in [-0.15, -0.1) is 0 Å². The van der Waals surface area contributed by atoms with Crippen LogP contribution in [0.1, 0.15) is 31.3 Å². The van der Waals surface area contributed by atoms with Gasteiger partial charge in [-0.2, -0.15) is 0 Å². The second kappa shape index (κ2) is 9.35. The Morgan fingerprint density at radius 3 is 2.69 bits per heavy atom. The van der Waals surface area contributed by atoms with Gasteiger partial charge in [-0.1, -0.05) is 30.3 Å². The van der Waals surface area contributed by atoms with E-state index in [-0.39, 0.29) is 23.9 Å². The third-order valence-corrected chi connectivity index (χ3v) is 5.57. The molecule has 1 fully saturated rings. The number of fused-ring (bicyclic) bond motifs is 1. The summed E-state index contributed by atoms with van der Waals surface area (Å²) in [4.78, 5) is 38.9. The lowest BCUT2D eigenvalue weighted by Crippen LogP contribution is -2.56. The Hall–Kier alpha value is -3.46. The molecule has 0 aliphatic carbocycles. The SMILES string of the molecule is CC(=O)NCCNc1nc(-c2ccccc2)nc2[nH]c(C(=O)N3C[C@@H](C)NC[C@@H]3C)cc12. The van der Waals surface area contributed by atoms with E-state index in [9.17, 15) is 9.59 Å². The highest BCUT2D eigenvalue weighted by Crippen LogP contribution is 2.26. The largest absolute Gasteiger partial charge is 0.368 e. The molecule has 0 unspecified atom stereocenters. The van der Waals surface area contributed by atoms with Crippen LogP contribution in [0.25, 0.3) is 22.4 Å². The zero-order chi connectivity index (χ0) is 22.7. The van der Waals surface area contributed by atoms with Crippen molar-refractivity contribution in [3.63, 3.8) is 0 Å². The molecule has 2 aromatic heterocycles. The molecule has 9 heteroatoms. The van der Waals surface area contributed by atoms with Crippen LogP contribution in [0.15, 0.2) is 36.4 Å². The molecule has 1 aromatic carbocycles. The maximum Gasteiger partial charge on any atom is 0.270 e. The van der Waals surface area contributed by atoms with E-state index < -0.39 is 0 Å². The van der Waals surface area contributed by atoms with E-state index >= 15 is 0 Å². The summed E-state index contributed by atoms with van der Waals surface area (Å²) < 4.78 is 0. The van der Waals surface area contributed by atoms with Crippen molar-refractivity contribution in [2.75, 3.05) is 31.5 Å². The van der Waals surface area contributed by atoms with Crippen molar-refractivity contribution in [2.24, 2.45) is 0 Å². The van der Waals surface area contributed by atoms with Gasteiger partial charge in [0.2, 0.25) is 5.91 Å². The highest BCUT2D eigenvalue weighted by atomic mass is 16.2. The third-order valence-electron chi connectivity index (χ3n) is 5.57. The fourth-order valence-corrected chi connectivity index (χ4v) is 3.85. The number of hydrogen-bond donors (Lipinski definition) is 4. The smallest absolute Gasteiger partial charge is 0.270 e. The standard InChI is InChI=1S/C23H29N7O2/c1-14-13-30(15(2)12-26-14)23(32)19-11-18-21(25-10-9-24-16(3)31)28-20(29-22(18)27-19)17-7-5-4-6-8-17/h4-8,11,14-15,26H,9-10,12-13H2,1-3H3,(H,24,31)(H2,25,27,28,29)/t14-,15+/m1/s1. The maximum absolute atomic E-state index is 13.3. The molecule has 32 heavy (non-hydrogen) atoms. The third kappa shape index (κ3) is 4.72. The Labute approximate surface area is 187 Å². The van der Waals surface area contributed by atoms with Crippen LogP contribution in [0.5, 0.6) is 0 Å². The van der Waals surface area contributed by atoms with E-state index in [1.807, 2.05) is 48.2 Å². The first-order chi connectivity index (χ1) is 15.4. The van der Waals surface area contributed by atoms with Crippen molar-refractivity contribution in [3.8, 4) is 11.4 Å². The number of H-pyrrole nitrogens is 1. The number of aromatic amines is 1. The minimum atomic E-state index is -0.0847. The molecule has 1 saturated heterocycles. The molecule has 0 bridgehead atoms. The molecule has 168 valence electrons. The number of nitrogens with one attached hydrogen (secondary N) is 4. The average molecular weight is 436 g/mol. The summed E-state index contributed by atoms with van der Waals surface area (Å²) in [5.41, 5.74) is 1.97. The summed E-state index contributed by atoms with van der Waals surface area (Å²) >= 11 is 0. The lowest BCUT2D eigenvalue weighted by molar-refractivity contribution is -0.118. The number of aromatic nitrogens is 3. The Kier molecular flexibility index (Phi) is 6.36. The maximum atomic E-state index is 13.3. The van der Waals surface area contributed by atoms with Gasteiger partial charge >= 0.3 is 0 Å². The van der Waals surface area contributed by atoms with Gasteiger partial charge in [0.15, 0.2) is 5.82 Å². The lowest BCUT2D eigenvalue weighted by atomic mass is 10.1. The first kappa shape index (κ1) is 21.8. The summed E-state index contributed by atoms with van der Waals surface area (Å²) in [6.45, 7) is 7.99. The van der Waals surface area contributed by atoms with E-state index in [2.05, 4.69) is 32.8 Å². The summed E-state index contributed by atoms with van der Waals surface area (Å²) in [5, 5.41) is 10.2. The zero-order valence-electron chi connectivity index (χ0n) is 18.6. The Balaban J connectivity index is 1.68. The first-order valence-electron chi connectivity index (χ1n) is 10.9. The molecule has 0 spiro atoms. The number of benzene rings is 1. The van der Waals surface area contributed by atoms with Gasteiger partial charge in [-0.25, -0.2) is 9.97 Å². The number of piperazine rings is 1. The molecular formula is C23H29N7O2. The van der Waals surface area contributed by atoms with E-state index in [1.165, 1.54) is 6.92 Å². The van der Waals surface area contributed by atoms with Crippen LogP contribution in [-0.2, 0) is 4.79 Å². The van der Waals surface area contributed by atoms with E-state index in [0.29, 0.717) is 42.6 Å². The van der Waals surface area contributed by atoms with Crippen LogP contribution >= 0.6 is 0 Å². The van der Waals surface area contributed by atoms with Crippen LogP contribution in [0.4, 0.5) is 5.82 Å². The Bertz CT molecular complexity index is 1110. The van der Waals surface area contributed by atoms with Crippen LogP contribution in [0, 0.1) is 0 Å².